The van der Waals surface area contributed by atoms with Gasteiger partial charge in [0.1, 0.15) is 5.72 Å². The maximum Gasteiger partial charge on any atom is 0.328 e. The molecule has 1 atom stereocenters. The van der Waals surface area contributed by atoms with Crippen LogP contribution in [0.2, 0.25) is 10.0 Å². The van der Waals surface area contributed by atoms with Crippen LogP contribution in [0.5, 0.6) is 0 Å². The van der Waals surface area contributed by atoms with E-state index in [1.807, 2.05) is 0 Å². The molecule has 2 aliphatic rings. The van der Waals surface area contributed by atoms with Gasteiger partial charge in [0, 0.05) is 15.6 Å². The smallest absolute Gasteiger partial charge is 0.328 e. The van der Waals surface area contributed by atoms with E-state index >= 15 is 0 Å². The zero-order valence-corrected chi connectivity index (χ0v) is 13.9. The summed E-state index contributed by atoms with van der Waals surface area (Å²) in [4.78, 5) is 26.0. The molecular formula is C16H17Cl2NO4. The third-order valence-electron chi connectivity index (χ3n) is 4.51. The highest BCUT2D eigenvalue weighted by Gasteiger charge is 2.53. The number of rotatable bonds is 2. The highest BCUT2D eigenvalue weighted by molar-refractivity contribution is 6.35. The Kier molecular flexibility index (Phi) is 4.54. The molecule has 2 fully saturated rings. The molecule has 1 spiro atoms. The van der Waals surface area contributed by atoms with Crippen LogP contribution in [0.25, 0.3) is 0 Å². The zero-order valence-electron chi connectivity index (χ0n) is 12.4. The van der Waals surface area contributed by atoms with Crippen LogP contribution in [0.15, 0.2) is 18.2 Å². The summed E-state index contributed by atoms with van der Waals surface area (Å²) in [6.07, 6.45) is 4.18. The van der Waals surface area contributed by atoms with E-state index < -0.39 is 23.6 Å². The first-order valence-corrected chi connectivity index (χ1v) is 8.35. The number of carboxylic acid groups (broad SMARTS) is 1. The molecule has 23 heavy (non-hydrogen) atoms. The van der Waals surface area contributed by atoms with Gasteiger partial charge in [-0.05, 0) is 43.9 Å². The molecule has 1 N–H and O–H groups in total. The van der Waals surface area contributed by atoms with Gasteiger partial charge in [0.05, 0.1) is 6.61 Å². The molecule has 1 aromatic rings. The Labute approximate surface area is 144 Å². The van der Waals surface area contributed by atoms with Crippen molar-refractivity contribution in [2.45, 2.75) is 43.9 Å². The summed E-state index contributed by atoms with van der Waals surface area (Å²) < 4.78 is 5.83. The summed E-state index contributed by atoms with van der Waals surface area (Å²) in [5.74, 6) is -1.46. The first-order chi connectivity index (χ1) is 10.9. The van der Waals surface area contributed by atoms with Crippen LogP contribution in [0.3, 0.4) is 0 Å². The van der Waals surface area contributed by atoms with E-state index in [9.17, 15) is 14.7 Å². The van der Waals surface area contributed by atoms with Crippen molar-refractivity contribution in [3.8, 4) is 0 Å². The second-order valence-corrected chi connectivity index (χ2v) is 6.88. The minimum atomic E-state index is -1.06. The van der Waals surface area contributed by atoms with Gasteiger partial charge in [-0.3, -0.25) is 9.69 Å². The van der Waals surface area contributed by atoms with Crippen LogP contribution in [0.4, 0.5) is 0 Å². The SMILES string of the molecule is O=C(O)[C@H]1COC2(CCCCC2)N1C(=O)c1cc(Cl)cc(Cl)c1. The van der Waals surface area contributed by atoms with Gasteiger partial charge in [-0.15, -0.1) is 0 Å². The number of amides is 1. The minimum absolute atomic E-state index is 0.00930. The molecule has 1 aromatic carbocycles. The van der Waals surface area contributed by atoms with Gasteiger partial charge in [0.15, 0.2) is 6.04 Å². The third-order valence-corrected chi connectivity index (χ3v) is 4.95. The number of hydrogen-bond acceptors (Lipinski definition) is 3. The molecule has 1 heterocycles. The summed E-state index contributed by atoms with van der Waals surface area (Å²) >= 11 is 11.9. The van der Waals surface area contributed by atoms with Crippen molar-refractivity contribution in [1.29, 1.82) is 0 Å². The van der Waals surface area contributed by atoms with Crippen molar-refractivity contribution in [1.82, 2.24) is 4.90 Å². The molecule has 1 amide bonds. The fourth-order valence-electron chi connectivity index (χ4n) is 3.48. The number of aliphatic carboxylic acids is 1. The highest BCUT2D eigenvalue weighted by atomic mass is 35.5. The second kappa shape index (κ2) is 6.30. The van der Waals surface area contributed by atoms with E-state index in [1.54, 1.807) is 0 Å². The predicted molar refractivity (Wildman–Crippen MR) is 85.8 cm³/mol. The van der Waals surface area contributed by atoms with Crippen molar-refractivity contribution in [3.05, 3.63) is 33.8 Å². The van der Waals surface area contributed by atoms with Crippen molar-refractivity contribution < 1.29 is 19.4 Å². The predicted octanol–water partition coefficient (Wildman–Crippen LogP) is 3.58. The van der Waals surface area contributed by atoms with Crippen molar-refractivity contribution in [3.63, 3.8) is 0 Å². The van der Waals surface area contributed by atoms with E-state index in [1.165, 1.54) is 23.1 Å². The number of hydrogen-bond donors (Lipinski definition) is 1. The van der Waals surface area contributed by atoms with Crippen LogP contribution in [0.1, 0.15) is 42.5 Å². The number of benzene rings is 1. The first-order valence-electron chi connectivity index (χ1n) is 7.59. The molecule has 3 rings (SSSR count). The summed E-state index contributed by atoms with van der Waals surface area (Å²) in [7, 11) is 0. The van der Waals surface area contributed by atoms with Crippen LogP contribution < -0.4 is 0 Å². The maximum atomic E-state index is 13.0. The highest BCUT2D eigenvalue weighted by Crippen LogP contribution is 2.41. The lowest BCUT2D eigenvalue weighted by Gasteiger charge is -2.41. The lowest BCUT2D eigenvalue weighted by molar-refractivity contribution is -0.143. The van der Waals surface area contributed by atoms with Gasteiger partial charge >= 0.3 is 5.97 Å². The van der Waals surface area contributed by atoms with Crippen molar-refractivity contribution in [2.75, 3.05) is 6.61 Å². The summed E-state index contributed by atoms with van der Waals surface area (Å²) in [5, 5.41) is 10.2. The number of carboxylic acids is 1. The van der Waals surface area contributed by atoms with Crippen LogP contribution in [-0.4, -0.2) is 40.3 Å². The average molecular weight is 358 g/mol. The molecule has 1 saturated heterocycles. The monoisotopic (exact) mass is 357 g/mol. The van der Waals surface area contributed by atoms with Gasteiger partial charge in [-0.1, -0.05) is 29.6 Å². The summed E-state index contributed by atoms with van der Waals surface area (Å²) in [6, 6.07) is 3.55. The number of ether oxygens (including phenoxy) is 1. The Hall–Kier alpha value is -1.30. The molecule has 1 aliphatic carbocycles. The number of nitrogens with zero attached hydrogens (tertiary/aromatic N) is 1. The molecule has 0 bridgehead atoms. The fraction of sp³-hybridized carbons (Fsp3) is 0.500. The Morgan fingerprint density at radius 2 is 1.74 bits per heavy atom. The molecule has 1 aliphatic heterocycles. The molecule has 0 aromatic heterocycles. The van der Waals surface area contributed by atoms with E-state index in [0.29, 0.717) is 22.9 Å². The van der Waals surface area contributed by atoms with E-state index in [2.05, 4.69) is 0 Å². The fourth-order valence-corrected chi connectivity index (χ4v) is 4.00. The normalized spacial score (nSPS) is 23.2. The third kappa shape index (κ3) is 3.05. The molecule has 5 nitrogen and oxygen atoms in total. The van der Waals surface area contributed by atoms with Gasteiger partial charge in [-0.2, -0.15) is 0 Å². The van der Waals surface area contributed by atoms with Gasteiger partial charge < -0.3 is 9.84 Å². The van der Waals surface area contributed by atoms with Crippen molar-refractivity contribution in [2.24, 2.45) is 0 Å². The van der Waals surface area contributed by atoms with Crippen molar-refractivity contribution >= 4 is 35.1 Å². The Morgan fingerprint density at radius 3 is 2.30 bits per heavy atom. The topological polar surface area (TPSA) is 66.8 Å². The summed E-state index contributed by atoms with van der Waals surface area (Å²) in [6.45, 7) is 0.00930. The van der Waals surface area contributed by atoms with Crippen LogP contribution >= 0.6 is 23.2 Å². The Balaban J connectivity index is 2.00. The molecule has 124 valence electrons. The largest absolute Gasteiger partial charge is 0.480 e. The lowest BCUT2D eigenvalue weighted by Crippen LogP contribution is -2.54. The Morgan fingerprint density at radius 1 is 1.13 bits per heavy atom. The van der Waals surface area contributed by atoms with Gasteiger partial charge in [0.25, 0.3) is 5.91 Å². The Bertz CT molecular complexity index is 623. The van der Waals surface area contributed by atoms with Gasteiger partial charge in [-0.25, -0.2) is 4.79 Å². The summed E-state index contributed by atoms with van der Waals surface area (Å²) in [5.41, 5.74) is -0.545. The maximum absolute atomic E-state index is 13.0. The molecule has 0 radical (unpaired) electrons. The lowest BCUT2D eigenvalue weighted by atomic mass is 9.89. The second-order valence-electron chi connectivity index (χ2n) is 6.01. The molecule has 0 unspecified atom stereocenters. The molecule has 7 heteroatoms. The molecule has 1 saturated carbocycles. The quantitative estimate of drug-likeness (QED) is 0.878. The molecular weight excluding hydrogens is 341 g/mol. The minimum Gasteiger partial charge on any atom is -0.480 e. The first kappa shape index (κ1) is 16.6. The van der Waals surface area contributed by atoms with E-state index in [4.69, 9.17) is 27.9 Å². The van der Waals surface area contributed by atoms with Gasteiger partial charge in [0.2, 0.25) is 0 Å². The average Bonchev–Trinajstić information content (AvgIpc) is 2.85. The van der Waals surface area contributed by atoms with Crippen LogP contribution in [-0.2, 0) is 9.53 Å². The number of halogens is 2. The van der Waals surface area contributed by atoms with E-state index in [-0.39, 0.29) is 12.2 Å². The number of carbonyl (C=O) groups excluding carboxylic acids is 1. The van der Waals surface area contributed by atoms with Crippen LogP contribution in [0, 0.1) is 0 Å². The van der Waals surface area contributed by atoms with E-state index in [0.717, 1.165) is 19.3 Å². The standard InChI is InChI=1S/C16H17Cl2NO4/c17-11-6-10(7-12(18)8-11)14(20)19-13(15(21)22)9-23-16(19)4-2-1-3-5-16/h6-8,13H,1-5,9H2,(H,21,22)/t13-/m1/s1. The number of carbonyl (C=O) groups is 2. The zero-order chi connectivity index (χ0) is 16.6.